The van der Waals surface area contributed by atoms with E-state index >= 15 is 0 Å². The lowest BCUT2D eigenvalue weighted by atomic mass is 10.0. The highest BCUT2D eigenvalue weighted by atomic mass is 16.1. The van der Waals surface area contributed by atoms with Gasteiger partial charge in [0.25, 0.3) is 5.91 Å². The maximum Gasteiger partial charge on any atom is 0.253 e. The Hall–Kier alpha value is -1.38. The lowest BCUT2D eigenvalue weighted by Gasteiger charge is -2.24. The Kier molecular flexibility index (Phi) is 3.23. The lowest BCUT2D eigenvalue weighted by Crippen LogP contribution is -2.42. The fourth-order valence-electron chi connectivity index (χ4n) is 0.965. The molecule has 0 saturated heterocycles. The first kappa shape index (κ1) is 10.7. The largest absolute Gasteiger partial charge is 0.347 e. The first-order chi connectivity index (χ1) is 6.55. The molecular formula is C11H16N2O. The molecule has 0 aliphatic carbocycles. The van der Waals surface area contributed by atoms with Crippen LogP contribution in [0.3, 0.4) is 0 Å². The maximum atomic E-state index is 11.7. The zero-order valence-corrected chi connectivity index (χ0v) is 8.87. The average molecular weight is 192 g/mol. The van der Waals surface area contributed by atoms with Gasteiger partial charge < -0.3 is 5.32 Å². The second-order valence-electron chi connectivity index (χ2n) is 3.93. The molecule has 0 unspecified atom stereocenters. The minimum Gasteiger partial charge on any atom is -0.347 e. The van der Waals surface area contributed by atoms with Gasteiger partial charge in [-0.2, -0.15) is 0 Å². The minimum atomic E-state index is -0.160. The topological polar surface area (TPSA) is 42.0 Å². The van der Waals surface area contributed by atoms with Gasteiger partial charge in [-0.15, -0.1) is 0 Å². The van der Waals surface area contributed by atoms with Crippen LogP contribution in [0, 0.1) is 0 Å². The molecule has 0 bridgehead atoms. The van der Waals surface area contributed by atoms with Crippen molar-refractivity contribution in [2.75, 3.05) is 0 Å². The lowest BCUT2D eigenvalue weighted by molar-refractivity contribution is 0.0911. The number of hydrogen-bond donors (Lipinski definition) is 1. The number of nitrogens with one attached hydrogen (secondary N) is 1. The third kappa shape index (κ3) is 2.83. The standard InChI is InChI=1S/C11H16N2O/c1-4-11(2,3)13-10(14)9-6-5-7-12-8-9/h5-8H,4H2,1-3H3,(H,13,14). The molecule has 1 aromatic rings. The number of nitrogens with zero attached hydrogens (tertiary/aromatic N) is 1. The van der Waals surface area contributed by atoms with Gasteiger partial charge >= 0.3 is 0 Å². The first-order valence-corrected chi connectivity index (χ1v) is 4.78. The third-order valence-electron chi connectivity index (χ3n) is 2.26. The number of pyridine rings is 1. The molecule has 1 aromatic heterocycles. The summed E-state index contributed by atoms with van der Waals surface area (Å²) in [6.07, 6.45) is 4.13. The molecule has 1 N–H and O–H groups in total. The van der Waals surface area contributed by atoms with Gasteiger partial charge in [0.05, 0.1) is 5.56 Å². The molecule has 0 aromatic carbocycles. The van der Waals surface area contributed by atoms with Crippen molar-refractivity contribution in [3.05, 3.63) is 30.1 Å². The minimum absolute atomic E-state index is 0.0649. The van der Waals surface area contributed by atoms with Crippen LogP contribution in [0.1, 0.15) is 37.6 Å². The van der Waals surface area contributed by atoms with Crippen molar-refractivity contribution < 1.29 is 4.79 Å². The van der Waals surface area contributed by atoms with Crippen LogP contribution in [0.25, 0.3) is 0 Å². The van der Waals surface area contributed by atoms with E-state index in [1.165, 1.54) is 0 Å². The van der Waals surface area contributed by atoms with Gasteiger partial charge in [-0.3, -0.25) is 9.78 Å². The van der Waals surface area contributed by atoms with E-state index in [4.69, 9.17) is 0 Å². The van der Waals surface area contributed by atoms with Crippen LogP contribution < -0.4 is 5.32 Å². The van der Waals surface area contributed by atoms with Crippen molar-refractivity contribution in [2.45, 2.75) is 32.7 Å². The maximum absolute atomic E-state index is 11.7. The van der Waals surface area contributed by atoms with Crippen LogP contribution in [0.5, 0.6) is 0 Å². The molecule has 0 atom stereocenters. The van der Waals surface area contributed by atoms with E-state index in [-0.39, 0.29) is 11.4 Å². The van der Waals surface area contributed by atoms with Gasteiger partial charge in [-0.05, 0) is 32.4 Å². The number of amides is 1. The zero-order valence-electron chi connectivity index (χ0n) is 8.87. The molecule has 0 aliphatic heterocycles. The second-order valence-corrected chi connectivity index (χ2v) is 3.93. The molecule has 0 spiro atoms. The van der Waals surface area contributed by atoms with Gasteiger partial charge in [0.2, 0.25) is 0 Å². The summed E-state index contributed by atoms with van der Waals surface area (Å²) < 4.78 is 0. The fraction of sp³-hybridized carbons (Fsp3) is 0.455. The van der Waals surface area contributed by atoms with Crippen LogP contribution in [0.2, 0.25) is 0 Å². The Labute approximate surface area is 84.6 Å². The van der Waals surface area contributed by atoms with Gasteiger partial charge in [-0.25, -0.2) is 0 Å². The van der Waals surface area contributed by atoms with E-state index in [2.05, 4.69) is 10.3 Å². The highest BCUT2D eigenvalue weighted by Crippen LogP contribution is 2.08. The molecule has 0 radical (unpaired) electrons. The van der Waals surface area contributed by atoms with E-state index in [0.29, 0.717) is 5.56 Å². The quantitative estimate of drug-likeness (QED) is 0.795. The van der Waals surface area contributed by atoms with Crippen molar-refractivity contribution in [1.29, 1.82) is 0 Å². The van der Waals surface area contributed by atoms with E-state index in [9.17, 15) is 4.79 Å². The molecule has 0 aliphatic rings. The Balaban J connectivity index is 2.69. The molecule has 3 nitrogen and oxygen atoms in total. The summed E-state index contributed by atoms with van der Waals surface area (Å²) in [5, 5.41) is 2.94. The molecule has 0 saturated carbocycles. The zero-order chi connectivity index (χ0) is 10.6. The Morgan fingerprint density at radius 2 is 2.29 bits per heavy atom. The summed E-state index contributed by atoms with van der Waals surface area (Å²) >= 11 is 0. The summed E-state index contributed by atoms with van der Waals surface area (Å²) in [5.74, 6) is -0.0649. The normalized spacial score (nSPS) is 11.1. The molecule has 1 rings (SSSR count). The van der Waals surface area contributed by atoms with E-state index in [0.717, 1.165) is 6.42 Å². The third-order valence-corrected chi connectivity index (χ3v) is 2.26. The molecular weight excluding hydrogens is 176 g/mol. The summed E-state index contributed by atoms with van der Waals surface area (Å²) in [5.41, 5.74) is 0.446. The molecule has 1 amide bonds. The number of carbonyl (C=O) groups is 1. The van der Waals surface area contributed by atoms with E-state index in [1.807, 2.05) is 20.8 Å². The predicted octanol–water partition coefficient (Wildman–Crippen LogP) is 2.00. The van der Waals surface area contributed by atoms with Crippen LogP contribution in [-0.2, 0) is 0 Å². The number of rotatable bonds is 3. The van der Waals surface area contributed by atoms with Crippen molar-refractivity contribution in [3.63, 3.8) is 0 Å². The Morgan fingerprint density at radius 3 is 2.79 bits per heavy atom. The van der Waals surface area contributed by atoms with Crippen molar-refractivity contribution >= 4 is 5.91 Å². The van der Waals surface area contributed by atoms with Crippen molar-refractivity contribution in [2.24, 2.45) is 0 Å². The number of aromatic nitrogens is 1. The van der Waals surface area contributed by atoms with E-state index < -0.39 is 0 Å². The molecule has 3 heteroatoms. The molecule has 1 heterocycles. The van der Waals surface area contributed by atoms with E-state index in [1.54, 1.807) is 24.5 Å². The van der Waals surface area contributed by atoms with Crippen molar-refractivity contribution in [1.82, 2.24) is 10.3 Å². The number of hydrogen-bond acceptors (Lipinski definition) is 2. The Bertz CT molecular complexity index is 306. The van der Waals surface area contributed by atoms with Crippen LogP contribution >= 0.6 is 0 Å². The monoisotopic (exact) mass is 192 g/mol. The Morgan fingerprint density at radius 1 is 1.57 bits per heavy atom. The fourth-order valence-corrected chi connectivity index (χ4v) is 0.965. The van der Waals surface area contributed by atoms with Crippen molar-refractivity contribution in [3.8, 4) is 0 Å². The van der Waals surface area contributed by atoms with Crippen LogP contribution in [-0.4, -0.2) is 16.4 Å². The van der Waals surface area contributed by atoms with Crippen LogP contribution in [0.15, 0.2) is 24.5 Å². The molecule has 0 fully saturated rings. The summed E-state index contributed by atoms with van der Waals surface area (Å²) in [4.78, 5) is 15.6. The first-order valence-electron chi connectivity index (χ1n) is 4.78. The van der Waals surface area contributed by atoms with Crippen LogP contribution in [0.4, 0.5) is 0 Å². The molecule has 76 valence electrons. The summed E-state index contributed by atoms with van der Waals surface area (Å²) in [6, 6.07) is 3.52. The average Bonchev–Trinajstić information content (AvgIpc) is 2.19. The highest BCUT2D eigenvalue weighted by Gasteiger charge is 2.18. The number of carbonyl (C=O) groups excluding carboxylic acids is 1. The highest BCUT2D eigenvalue weighted by molar-refractivity contribution is 5.94. The SMILES string of the molecule is CCC(C)(C)NC(=O)c1cccnc1. The van der Waals surface area contributed by atoms with Gasteiger partial charge in [0, 0.05) is 17.9 Å². The smallest absolute Gasteiger partial charge is 0.253 e. The van der Waals surface area contributed by atoms with Gasteiger partial charge in [-0.1, -0.05) is 6.92 Å². The second kappa shape index (κ2) is 4.22. The van der Waals surface area contributed by atoms with Gasteiger partial charge in [0.1, 0.15) is 0 Å². The predicted molar refractivity (Wildman–Crippen MR) is 56.1 cm³/mol. The molecule has 14 heavy (non-hydrogen) atoms. The summed E-state index contributed by atoms with van der Waals surface area (Å²) in [7, 11) is 0. The van der Waals surface area contributed by atoms with Gasteiger partial charge in [0.15, 0.2) is 0 Å². The summed E-state index contributed by atoms with van der Waals surface area (Å²) in [6.45, 7) is 6.05.